The van der Waals surface area contributed by atoms with Crippen LogP contribution in [0.15, 0.2) is 12.2 Å². The smallest absolute Gasteiger partial charge is 0.0624 e. The molecule has 2 heteroatoms. The average Bonchev–Trinajstić information content (AvgIpc) is 2.50. The molecule has 0 radical (unpaired) electrons. The number of rotatable bonds is 4. The molecule has 1 fully saturated rings. The second-order valence-electron chi connectivity index (χ2n) is 4.05. The number of hydrogen-bond donors (Lipinski definition) is 1. The monoisotopic (exact) mass is 193 g/mol. The van der Waals surface area contributed by atoms with E-state index < -0.39 is 0 Å². The van der Waals surface area contributed by atoms with Crippen molar-refractivity contribution in [3.63, 3.8) is 0 Å². The highest BCUT2D eigenvalue weighted by atomic mass is 16.3. The Morgan fingerprint density at radius 2 is 2.21 bits per heavy atom. The lowest BCUT2D eigenvalue weighted by Gasteiger charge is -2.18. The van der Waals surface area contributed by atoms with Crippen LogP contribution in [0.1, 0.15) is 39.0 Å². The SMILES string of the molecule is CC/C=C\C[C@H]1[C@@H](CC#N)CC[C@H]1O. The third-order valence-electron chi connectivity index (χ3n) is 3.10. The summed E-state index contributed by atoms with van der Waals surface area (Å²) in [5, 5.41) is 18.4. The molecule has 78 valence electrons. The Kier molecular flexibility index (Phi) is 4.69. The van der Waals surface area contributed by atoms with Crippen LogP contribution in [-0.4, -0.2) is 11.2 Å². The fourth-order valence-electron chi connectivity index (χ4n) is 2.27. The van der Waals surface area contributed by atoms with Gasteiger partial charge in [0, 0.05) is 6.42 Å². The Hall–Kier alpha value is -0.810. The molecule has 3 atom stereocenters. The molecule has 0 aromatic carbocycles. The van der Waals surface area contributed by atoms with E-state index >= 15 is 0 Å². The lowest BCUT2D eigenvalue weighted by atomic mass is 9.89. The highest BCUT2D eigenvalue weighted by Gasteiger charge is 2.33. The molecule has 14 heavy (non-hydrogen) atoms. The van der Waals surface area contributed by atoms with Crippen LogP contribution in [0.25, 0.3) is 0 Å². The zero-order valence-corrected chi connectivity index (χ0v) is 8.82. The van der Waals surface area contributed by atoms with Crippen LogP contribution in [0, 0.1) is 23.2 Å². The summed E-state index contributed by atoms with van der Waals surface area (Å²) in [6, 6.07) is 2.22. The van der Waals surface area contributed by atoms with Crippen LogP contribution in [0.4, 0.5) is 0 Å². The topological polar surface area (TPSA) is 44.0 Å². The molecule has 1 N–H and O–H groups in total. The fraction of sp³-hybridized carbons (Fsp3) is 0.750. The summed E-state index contributed by atoms with van der Waals surface area (Å²) in [4.78, 5) is 0. The summed E-state index contributed by atoms with van der Waals surface area (Å²) in [6.45, 7) is 2.11. The minimum Gasteiger partial charge on any atom is -0.393 e. The molecule has 0 aromatic heterocycles. The van der Waals surface area contributed by atoms with Crippen LogP contribution in [0.5, 0.6) is 0 Å². The second-order valence-corrected chi connectivity index (χ2v) is 4.05. The van der Waals surface area contributed by atoms with Gasteiger partial charge in [0.05, 0.1) is 12.2 Å². The molecule has 0 heterocycles. The standard InChI is InChI=1S/C12H19NO/c1-2-3-4-5-11-10(8-9-13)6-7-12(11)14/h3-4,10-12,14H,2,5-8H2,1H3/b4-3-/t10-,11+,12-/m1/s1. The van der Waals surface area contributed by atoms with E-state index in [1.807, 2.05) is 0 Å². The summed E-state index contributed by atoms with van der Waals surface area (Å²) in [5.74, 6) is 0.731. The maximum Gasteiger partial charge on any atom is 0.0624 e. The first-order chi connectivity index (χ1) is 6.79. The Labute approximate surface area is 86.2 Å². The Balaban J connectivity index is 2.45. The molecule has 0 amide bonds. The Bertz CT molecular complexity index is 229. The van der Waals surface area contributed by atoms with Gasteiger partial charge in [-0.15, -0.1) is 0 Å². The molecule has 1 saturated carbocycles. The van der Waals surface area contributed by atoms with Gasteiger partial charge in [0.2, 0.25) is 0 Å². The Morgan fingerprint density at radius 1 is 1.43 bits per heavy atom. The number of aliphatic hydroxyl groups excluding tert-OH is 1. The van der Waals surface area contributed by atoms with Crippen molar-refractivity contribution in [2.75, 3.05) is 0 Å². The van der Waals surface area contributed by atoms with Gasteiger partial charge in [-0.05, 0) is 37.5 Å². The van der Waals surface area contributed by atoms with Crippen molar-refractivity contribution in [3.8, 4) is 6.07 Å². The van der Waals surface area contributed by atoms with Crippen molar-refractivity contribution in [1.82, 2.24) is 0 Å². The lowest BCUT2D eigenvalue weighted by molar-refractivity contribution is 0.119. The minimum atomic E-state index is -0.185. The van der Waals surface area contributed by atoms with Gasteiger partial charge in [-0.25, -0.2) is 0 Å². The average molecular weight is 193 g/mol. The first kappa shape index (κ1) is 11.3. The molecule has 1 aliphatic carbocycles. The largest absolute Gasteiger partial charge is 0.393 e. The van der Waals surface area contributed by atoms with E-state index in [1.54, 1.807) is 0 Å². The summed E-state index contributed by atoms with van der Waals surface area (Å²) in [5.41, 5.74) is 0. The number of nitriles is 1. The molecule has 0 unspecified atom stereocenters. The van der Waals surface area contributed by atoms with E-state index in [1.165, 1.54) is 0 Å². The number of aliphatic hydroxyl groups is 1. The molecular weight excluding hydrogens is 174 g/mol. The van der Waals surface area contributed by atoms with E-state index in [-0.39, 0.29) is 6.10 Å². The molecule has 0 spiro atoms. The predicted molar refractivity (Wildman–Crippen MR) is 56.5 cm³/mol. The zero-order valence-electron chi connectivity index (χ0n) is 8.82. The van der Waals surface area contributed by atoms with Crippen molar-refractivity contribution in [2.45, 2.75) is 45.1 Å². The number of allylic oxidation sites excluding steroid dienone is 2. The van der Waals surface area contributed by atoms with E-state index in [9.17, 15) is 5.11 Å². The number of nitrogens with zero attached hydrogens (tertiary/aromatic N) is 1. The molecule has 0 aromatic rings. The third-order valence-corrected chi connectivity index (χ3v) is 3.10. The summed E-state index contributed by atoms with van der Waals surface area (Å²) in [6.07, 6.45) is 8.55. The Morgan fingerprint density at radius 3 is 2.86 bits per heavy atom. The first-order valence-corrected chi connectivity index (χ1v) is 5.49. The maximum atomic E-state index is 9.74. The van der Waals surface area contributed by atoms with Crippen molar-refractivity contribution in [1.29, 1.82) is 5.26 Å². The van der Waals surface area contributed by atoms with Crippen LogP contribution < -0.4 is 0 Å². The molecule has 0 aliphatic heterocycles. The third kappa shape index (κ3) is 2.85. The molecule has 1 rings (SSSR count). The molecule has 1 aliphatic rings. The molecule has 0 saturated heterocycles. The number of hydrogen-bond acceptors (Lipinski definition) is 2. The van der Waals surface area contributed by atoms with Gasteiger partial charge in [-0.1, -0.05) is 19.1 Å². The van der Waals surface area contributed by atoms with Crippen LogP contribution in [0.3, 0.4) is 0 Å². The van der Waals surface area contributed by atoms with Gasteiger partial charge < -0.3 is 5.11 Å². The van der Waals surface area contributed by atoms with Crippen LogP contribution >= 0.6 is 0 Å². The van der Waals surface area contributed by atoms with Crippen molar-refractivity contribution in [3.05, 3.63) is 12.2 Å². The quantitative estimate of drug-likeness (QED) is 0.697. The highest BCUT2D eigenvalue weighted by Crippen LogP contribution is 2.36. The van der Waals surface area contributed by atoms with Crippen molar-refractivity contribution in [2.24, 2.45) is 11.8 Å². The minimum absolute atomic E-state index is 0.185. The van der Waals surface area contributed by atoms with Gasteiger partial charge in [-0.3, -0.25) is 0 Å². The van der Waals surface area contributed by atoms with Gasteiger partial charge in [0.25, 0.3) is 0 Å². The molecular formula is C12H19NO. The lowest BCUT2D eigenvalue weighted by Crippen LogP contribution is -2.18. The maximum absolute atomic E-state index is 9.74. The fourth-order valence-corrected chi connectivity index (χ4v) is 2.27. The van der Waals surface area contributed by atoms with Crippen LogP contribution in [0.2, 0.25) is 0 Å². The highest BCUT2D eigenvalue weighted by molar-refractivity contribution is 4.94. The summed E-state index contributed by atoms with van der Waals surface area (Å²) >= 11 is 0. The summed E-state index contributed by atoms with van der Waals surface area (Å²) < 4.78 is 0. The molecule has 0 bridgehead atoms. The van der Waals surface area contributed by atoms with E-state index in [0.717, 1.165) is 25.7 Å². The van der Waals surface area contributed by atoms with Gasteiger partial charge >= 0.3 is 0 Å². The van der Waals surface area contributed by atoms with Crippen molar-refractivity contribution < 1.29 is 5.11 Å². The van der Waals surface area contributed by atoms with Gasteiger partial charge in [-0.2, -0.15) is 5.26 Å². The molecule has 2 nitrogen and oxygen atoms in total. The van der Waals surface area contributed by atoms with Crippen molar-refractivity contribution >= 4 is 0 Å². The summed E-state index contributed by atoms with van der Waals surface area (Å²) in [7, 11) is 0. The zero-order chi connectivity index (χ0) is 10.4. The van der Waals surface area contributed by atoms with E-state index in [0.29, 0.717) is 18.3 Å². The van der Waals surface area contributed by atoms with Crippen LogP contribution in [-0.2, 0) is 0 Å². The second kappa shape index (κ2) is 5.82. The first-order valence-electron chi connectivity index (χ1n) is 5.49. The predicted octanol–water partition coefficient (Wildman–Crippen LogP) is 2.64. The van der Waals surface area contributed by atoms with E-state index in [2.05, 4.69) is 25.1 Å². The van der Waals surface area contributed by atoms with Gasteiger partial charge in [0.1, 0.15) is 0 Å². The van der Waals surface area contributed by atoms with Gasteiger partial charge in [0.15, 0.2) is 0 Å². The van der Waals surface area contributed by atoms with E-state index in [4.69, 9.17) is 5.26 Å². The normalized spacial score (nSPS) is 32.2.